The Morgan fingerprint density at radius 2 is 1.65 bits per heavy atom. The molecule has 0 saturated heterocycles. The number of rotatable bonds is 12. The molecule has 7 nitrogen and oxygen atoms in total. The Bertz CT molecular complexity index is 837. The van der Waals surface area contributed by atoms with Crippen LogP contribution < -0.4 is 10.6 Å². The highest BCUT2D eigenvalue weighted by atomic mass is 16.5. The highest BCUT2D eigenvalue weighted by Crippen LogP contribution is 2.08. The third-order valence-electron chi connectivity index (χ3n) is 4.76. The summed E-state index contributed by atoms with van der Waals surface area (Å²) in [7, 11) is 0. The zero-order valence-corrected chi connectivity index (χ0v) is 17.8. The van der Waals surface area contributed by atoms with Gasteiger partial charge in [-0.1, -0.05) is 66.6 Å². The van der Waals surface area contributed by atoms with Crippen LogP contribution in [0.4, 0.5) is 4.79 Å². The third-order valence-corrected chi connectivity index (χ3v) is 4.76. The lowest BCUT2D eigenvalue weighted by atomic mass is 10.0. The van der Waals surface area contributed by atoms with Crippen LogP contribution in [0.5, 0.6) is 0 Å². The van der Waals surface area contributed by atoms with E-state index in [-0.39, 0.29) is 25.4 Å². The Hall–Kier alpha value is -3.35. The van der Waals surface area contributed by atoms with Gasteiger partial charge in [-0.25, -0.2) is 9.59 Å². The number of aryl methyl sites for hydroxylation is 1. The standard InChI is InChI=1S/C24H30N2O5/c1-18-11-13-19(14-12-18)16-21(23(28)29)26-22(27)10-6-3-7-15-25-24(30)31-17-20-8-4-2-5-9-20/h2,4-5,8-9,11-14,21H,3,6-7,10,15-17H2,1H3,(H,25,30)(H,26,27)(H,28,29)/t21-/m0/s1. The normalized spacial score (nSPS) is 11.4. The van der Waals surface area contributed by atoms with Gasteiger partial charge in [0.15, 0.2) is 0 Å². The Morgan fingerprint density at radius 3 is 2.32 bits per heavy atom. The second kappa shape index (κ2) is 13.1. The molecule has 0 spiro atoms. The van der Waals surface area contributed by atoms with Gasteiger partial charge in [-0.15, -0.1) is 0 Å². The molecule has 0 aliphatic carbocycles. The number of carboxylic acids is 1. The molecule has 0 aromatic heterocycles. The molecular weight excluding hydrogens is 396 g/mol. The molecule has 2 amide bonds. The number of hydrogen-bond acceptors (Lipinski definition) is 4. The lowest BCUT2D eigenvalue weighted by molar-refractivity contribution is -0.141. The molecule has 0 fully saturated rings. The molecule has 0 unspecified atom stereocenters. The first-order valence-electron chi connectivity index (χ1n) is 10.5. The molecule has 2 aromatic carbocycles. The first-order valence-corrected chi connectivity index (χ1v) is 10.5. The molecule has 166 valence electrons. The van der Waals surface area contributed by atoms with Crippen LogP contribution in [0.3, 0.4) is 0 Å². The Morgan fingerprint density at radius 1 is 0.935 bits per heavy atom. The molecule has 0 bridgehead atoms. The monoisotopic (exact) mass is 426 g/mol. The fraction of sp³-hybridized carbons (Fsp3) is 0.375. The number of alkyl carbamates (subject to hydrolysis) is 1. The van der Waals surface area contributed by atoms with Crippen molar-refractivity contribution in [3.8, 4) is 0 Å². The van der Waals surface area contributed by atoms with Gasteiger partial charge in [0.25, 0.3) is 0 Å². The van der Waals surface area contributed by atoms with Crippen LogP contribution in [0.1, 0.15) is 42.4 Å². The molecule has 2 aromatic rings. The van der Waals surface area contributed by atoms with Crippen molar-refractivity contribution in [2.75, 3.05) is 6.54 Å². The number of unbranched alkanes of at least 4 members (excludes halogenated alkanes) is 2. The first-order chi connectivity index (χ1) is 14.9. The molecule has 7 heteroatoms. The van der Waals surface area contributed by atoms with Crippen LogP contribution in [0, 0.1) is 6.92 Å². The van der Waals surface area contributed by atoms with Crippen molar-refractivity contribution >= 4 is 18.0 Å². The van der Waals surface area contributed by atoms with Crippen LogP contribution in [0.15, 0.2) is 54.6 Å². The molecule has 31 heavy (non-hydrogen) atoms. The number of carboxylic acid groups (broad SMARTS) is 1. The second-order valence-corrected chi connectivity index (χ2v) is 7.45. The van der Waals surface area contributed by atoms with Gasteiger partial charge in [-0.2, -0.15) is 0 Å². The second-order valence-electron chi connectivity index (χ2n) is 7.45. The maximum Gasteiger partial charge on any atom is 0.407 e. The van der Waals surface area contributed by atoms with Gasteiger partial charge in [0.1, 0.15) is 12.6 Å². The average Bonchev–Trinajstić information content (AvgIpc) is 2.76. The highest BCUT2D eigenvalue weighted by molar-refractivity contribution is 5.83. The van der Waals surface area contributed by atoms with Crippen molar-refractivity contribution in [2.24, 2.45) is 0 Å². The molecule has 0 saturated carbocycles. The molecule has 0 aliphatic rings. The van der Waals surface area contributed by atoms with Gasteiger partial charge in [0.2, 0.25) is 5.91 Å². The van der Waals surface area contributed by atoms with E-state index in [0.717, 1.165) is 23.1 Å². The van der Waals surface area contributed by atoms with Crippen molar-refractivity contribution in [1.82, 2.24) is 10.6 Å². The van der Waals surface area contributed by atoms with Crippen LogP contribution in [0.25, 0.3) is 0 Å². The van der Waals surface area contributed by atoms with E-state index in [1.807, 2.05) is 61.5 Å². The van der Waals surface area contributed by atoms with Crippen molar-refractivity contribution in [1.29, 1.82) is 0 Å². The predicted octanol–water partition coefficient (Wildman–Crippen LogP) is 3.59. The minimum Gasteiger partial charge on any atom is -0.480 e. The number of ether oxygens (including phenoxy) is 1. The SMILES string of the molecule is Cc1ccc(C[C@H](NC(=O)CCCCCNC(=O)OCc2ccccc2)C(=O)O)cc1. The zero-order valence-electron chi connectivity index (χ0n) is 17.8. The average molecular weight is 427 g/mol. The third kappa shape index (κ3) is 9.80. The smallest absolute Gasteiger partial charge is 0.407 e. The summed E-state index contributed by atoms with van der Waals surface area (Å²) in [5.41, 5.74) is 2.88. The summed E-state index contributed by atoms with van der Waals surface area (Å²) >= 11 is 0. The predicted molar refractivity (Wildman–Crippen MR) is 118 cm³/mol. The quantitative estimate of drug-likeness (QED) is 0.450. The summed E-state index contributed by atoms with van der Waals surface area (Å²) in [5.74, 6) is -1.33. The van der Waals surface area contributed by atoms with Crippen molar-refractivity contribution < 1.29 is 24.2 Å². The Kier molecular flexibility index (Phi) is 10.1. The number of nitrogens with one attached hydrogen (secondary N) is 2. The lowest BCUT2D eigenvalue weighted by Gasteiger charge is -2.15. The summed E-state index contributed by atoms with van der Waals surface area (Å²) in [6.07, 6.45) is 2.08. The van der Waals surface area contributed by atoms with E-state index >= 15 is 0 Å². The van der Waals surface area contributed by atoms with E-state index in [1.165, 1.54) is 0 Å². The van der Waals surface area contributed by atoms with Crippen LogP contribution in [0.2, 0.25) is 0 Å². The Balaban J connectivity index is 1.57. The molecule has 0 radical (unpaired) electrons. The van der Waals surface area contributed by atoms with Crippen LogP contribution in [-0.4, -0.2) is 35.7 Å². The molecule has 2 rings (SSSR count). The number of aliphatic carboxylic acids is 1. The number of carbonyl (C=O) groups is 3. The van der Waals surface area contributed by atoms with Gasteiger partial charge in [-0.05, 0) is 30.9 Å². The fourth-order valence-electron chi connectivity index (χ4n) is 2.98. The highest BCUT2D eigenvalue weighted by Gasteiger charge is 2.20. The van der Waals surface area contributed by atoms with Crippen LogP contribution in [-0.2, 0) is 27.4 Å². The van der Waals surface area contributed by atoms with E-state index in [4.69, 9.17) is 4.74 Å². The van der Waals surface area contributed by atoms with E-state index < -0.39 is 18.1 Å². The fourth-order valence-corrected chi connectivity index (χ4v) is 2.98. The number of benzene rings is 2. The van der Waals surface area contributed by atoms with E-state index in [0.29, 0.717) is 19.4 Å². The maximum atomic E-state index is 12.1. The maximum absolute atomic E-state index is 12.1. The lowest BCUT2D eigenvalue weighted by Crippen LogP contribution is -2.42. The number of amides is 2. The number of hydrogen-bond donors (Lipinski definition) is 3. The van der Waals surface area contributed by atoms with Gasteiger partial charge >= 0.3 is 12.1 Å². The van der Waals surface area contributed by atoms with Gasteiger partial charge < -0.3 is 20.5 Å². The van der Waals surface area contributed by atoms with Crippen molar-refractivity contribution in [3.05, 3.63) is 71.3 Å². The van der Waals surface area contributed by atoms with Crippen LogP contribution >= 0.6 is 0 Å². The van der Waals surface area contributed by atoms with E-state index in [1.54, 1.807) is 0 Å². The van der Waals surface area contributed by atoms with Crippen molar-refractivity contribution in [3.63, 3.8) is 0 Å². The summed E-state index contributed by atoms with van der Waals surface area (Å²) in [6, 6.07) is 16.1. The van der Waals surface area contributed by atoms with Gasteiger partial charge in [-0.3, -0.25) is 4.79 Å². The molecule has 0 heterocycles. The van der Waals surface area contributed by atoms with E-state index in [2.05, 4.69) is 10.6 Å². The summed E-state index contributed by atoms with van der Waals surface area (Å²) in [4.78, 5) is 35.2. The number of carbonyl (C=O) groups excluding carboxylic acids is 2. The Labute approximate surface area is 182 Å². The molecule has 3 N–H and O–H groups in total. The van der Waals surface area contributed by atoms with Gasteiger partial charge in [0, 0.05) is 19.4 Å². The van der Waals surface area contributed by atoms with E-state index in [9.17, 15) is 19.5 Å². The summed E-state index contributed by atoms with van der Waals surface area (Å²) < 4.78 is 5.12. The first kappa shape index (κ1) is 23.9. The van der Waals surface area contributed by atoms with Gasteiger partial charge in [0.05, 0.1) is 0 Å². The zero-order chi connectivity index (χ0) is 22.5. The summed E-state index contributed by atoms with van der Waals surface area (Å²) in [6.45, 7) is 2.64. The summed E-state index contributed by atoms with van der Waals surface area (Å²) in [5, 5.41) is 14.7. The molecule has 0 aliphatic heterocycles. The largest absolute Gasteiger partial charge is 0.480 e. The van der Waals surface area contributed by atoms with Crippen molar-refractivity contribution in [2.45, 2.75) is 51.7 Å². The topological polar surface area (TPSA) is 105 Å². The minimum atomic E-state index is -1.05. The minimum absolute atomic E-state index is 0.222. The molecule has 1 atom stereocenters. The molecular formula is C24H30N2O5.